The Morgan fingerprint density at radius 1 is 1.25 bits per heavy atom. The molecule has 1 fully saturated rings. The van der Waals surface area contributed by atoms with Crippen LogP contribution in [0, 0.1) is 5.92 Å². The van der Waals surface area contributed by atoms with Gasteiger partial charge in [-0.3, -0.25) is 14.3 Å². The van der Waals surface area contributed by atoms with Crippen molar-refractivity contribution in [2.75, 3.05) is 19.7 Å². The van der Waals surface area contributed by atoms with Gasteiger partial charge >= 0.3 is 5.97 Å². The second-order valence-corrected chi connectivity index (χ2v) is 12.0. The third kappa shape index (κ3) is 6.02. The SMILES string of the molecule is CC(=O)N1CCC(C(OC(=O)c2nc3c(s2)CCOc2cc(-c4cnn(CC(C)(C)O)c4)ccc2-3)C(N)=O)CC1. The molecule has 1 unspecified atom stereocenters. The highest BCUT2D eigenvalue weighted by Gasteiger charge is 2.35. The number of hydrogen-bond acceptors (Lipinski definition) is 9. The zero-order chi connectivity index (χ0) is 28.6. The topological polar surface area (TPSA) is 150 Å². The van der Waals surface area contributed by atoms with Gasteiger partial charge in [0.05, 0.1) is 30.6 Å². The van der Waals surface area contributed by atoms with E-state index in [1.165, 1.54) is 18.3 Å². The summed E-state index contributed by atoms with van der Waals surface area (Å²) in [5.41, 5.74) is 7.93. The lowest BCUT2D eigenvalue weighted by Gasteiger charge is -2.33. The summed E-state index contributed by atoms with van der Waals surface area (Å²) in [7, 11) is 0. The fraction of sp³-hybridized carbons (Fsp3) is 0.464. The number of carbonyl (C=O) groups excluding carboxylic acids is 3. The zero-order valence-corrected chi connectivity index (χ0v) is 23.6. The van der Waals surface area contributed by atoms with E-state index in [-0.39, 0.29) is 16.8 Å². The number of primary amides is 1. The third-order valence-corrected chi connectivity index (χ3v) is 8.23. The van der Waals surface area contributed by atoms with Crippen LogP contribution in [0.4, 0.5) is 0 Å². The van der Waals surface area contributed by atoms with Crippen molar-refractivity contribution in [1.29, 1.82) is 0 Å². The van der Waals surface area contributed by atoms with Gasteiger partial charge in [0, 0.05) is 54.6 Å². The molecule has 1 aromatic carbocycles. The van der Waals surface area contributed by atoms with Gasteiger partial charge < -0.3 is 25.2 Å². The maximum atomic E-state index is 13.1. The molecule has 212 valence electrons. The average molecular weight is 568 g/mol. The van der Waals surface area contributed by atoms with Crippen molar-refractivity contribution in [3.63, 3.8) is 0 Å². The summed E-state index contributed by atoms with van der Waals surface area (Å²) in [6.07, 6.45) is 4.15. The molecule has 2 aliphatic heterocycles. The number of fused-ring (bicyclic) bond motifs is 3. The molecule has 0 spiro atoms. The number of ether oxygens (including phenoxy) is 2. The van der Waals surface area contributed by atoms with Crippen molar-refractivity contribution in [3.05, 3.63) is 40.5 Å². The summed E-state index contributed by atoms with van der Waals surface area (Å²) in [4.78, 5) is 44.2. The molecule has 2 aliphatic rings. The second kappa shape index (κ2) is 11.0. The molecule has 1 saturated heterocycles. The molecule has 0 saturated carbocycles. The average Bonchev–Trinajstić information content (AvgIpc) is 3.49. The van der Waals surface area contributed by atoms with Crippen molar-refractivity contribution < 1.29 is 29.0 Å². The van der Waals surface area contributed by atoms with Gasteiger partial charge in [-0.25, -0.2) is 9.78 Å². The molecule has 11 nitrogen and oxygen atoms in total. The van der Waals surface area contributed by atoms with Crippen LogP contribution in [0.15, 0.2) is 30.6 Å². The van der Waals surface area contributed by atoms with Crippen LogP contribution in [0.25, 0.3) is 22.4 Å². The number of hydrogen-bond donors (Lipinski definition) is 2. The van der Waals surface area contributed by atoms with Crippen LogP contribution in [0.3, 0.4) is 0 Å². The smallest absolute Gasteiger partial charge is 0.368 e. The number of esters is 1. The number of rotatable bonds is 7. The molecule has 5 rings (SSSR count). The molecular formula is C28H33N5O6S. The number of piperidine rings is 1. The molecule has 3 N–H and O–H groups in total. The normalized spacial score (nSPS) is 16.4. The number of amides is 2. The first-order chi connectivity index (χ1) is 19.0. The lowest BCUT2D eigenvalue weighted by atomic mass is 9.90. The molecule has 3 aromatic rings. The van der Waals surface area contributed by atoms with E-state index in [1.54, 1.807) is 29.6 Å². The summed E-state index contributed by atoms with van der Waals surface area (Å²) < 4.78 is 13.3. The predicted molar refractivity (Wildman–Crippen MR) is 148 cm³/mol. The van der Waals surface area contributed by atoms with E-state index >= 15 is 0 Å². The van der Waals surface area contributed by atoms with Gasteiger partial charge in [0.15, 0.2) is 6.10 Å². The summed E-state index contributed by atoms with van der Waals surface area (Å²) in [6.45, 7) is 6.73. The quantitative estimate of drug-likeness (QED) is 0.414. The van der Waals surface area contributed by atoms with Crippen molar-refractivity contribution in [1.82, 2.24) is 19.7 Å². The van der Waals surface area contributed by atoms with Crippen LogP contribution in [-0.2, 0) is 27.3 Å². The predicted octanol–water partition coefficient (Wildman–Crippen LogP) is 2.65. The van der Waals surface area contributed by atoms with Gasteiger partial charge in [-0.1, -0.05) is 6.07 Å². The van der Waals surface area contributed by atoms with Crippen LogP contribution in [0.1, 0.15) is 48.3 Å². The van der Waals surface area contributed by atoms with E-state index in [4.69, 9.17) is 15.2 Å². The first-order valence-electron chi connectivity index (χ1n) is 13.3. The third-order valence-electron chi connectivity index (χ3n) is 7.14. The van der Waals surface area contributed by atoms with Gasteiger partial charge in [-0.2, -0.15) is 5.10 Å². The maximum Gasteiger partial charge on any atom is 0.368 e. The van der Waals surface area contributed by atoms with Gasteiger partial charge in [0.1, 0.15) is 5.75 Å². The monoisotopic (exact) mass is 567 g/mol. The maximum absolute atomic E-state index is 13.1. The van der Waals surface area contributed by atoms with Crippen molar-refractivity contribution in [3.8, 4) is 28.1 Å². The minimum absolute atomic E-state index is 0.0208. The number of aromatic nitrogens is 3. The molecule has 4 heterocycles. The summed E-state index contributed by atoms with van der Waals surface area (Å²) in [6, 6.07) is 5.77. The Balaban J connectivity index is 1.34. The van der Waals surface area contributed by atoms with E-state index in [9.17, 15) is 19.5 Å². The molecule has 12 heteroatoms. The van der Waals surface area contributed by atoms with Gasteiger partial charge in [-0.15, -0.1) is 11.3 Å². The molecule has 0 aliphatic carbocycles. The van der Waals surface area contributed by atoms with E-state index in [0.29, 0.717) is 56.9 Å². The lowest BCUT2D eigenvalue weighted by molar-refractivity contribution is -0.133. The Kier molecular flexibility index (Phi) is 7.65. The highest BCUT2D eigenvalue weighted by atomic mass is 32.1. The second-order valence-electron chi connectivity index (χ2n) is 10.9. The highest BCUT2D eigenvalue weighted by molar-refractivity contribution is 7.14. The van der Waals surface area contributed by atoms with Gasteiger partial charge in [0.2, 0.25) is 10.9 Å². The lowest BCUT2D eigenvalue weighted by Crippen LogP contribution is -2.46. The number of benzene rings is 1. The molecule has 2 aromatic heterocycles. The van der Waals surface area contributed by atoms with Crippen LogP contribution < -0.4 is 10.5 Å². The Morgan fingerprint density at radius 2 is 2.00 bits per heavy atom. The molecule has 1 atom stereocenters. The Bertz CT molecular complexity index is 1430. The molecule has 2 amide bonds. The number of aliphatic hydroxyl groups is 1. The Morgan fingerprint density at radius 3 is 2.67 bits per heavy atom. The first kappa shape index (κ1) is 27.8. The fourth-order valence-electron chi connectivity index (χ4n) is 5.15. The van der Waals surface area contributed by atoms with Crippen LogP contribution in [0.5, 0.6) is 5.75 Å². The Labute approximate surface area is 235 Å². The number of nitrogens with two attached hydrogens (primary N) is 1. The van der Waals surface area contributed by atoms with Gasteiger partial charge in [0.25, 0.3) is 5.91 Å². The first-order valence-corrected chi connectivity index (χ1v) is 14.1. The largest absolute Gasteiger partial charge is 0.492 e. The van der Waals surface area contributed by atoms with E-state index < -0.39 is 23.6 Å². The van der Waals surface area contributed by atoms with Crippen molar-refractivity contribution >= 4 is 29.1 Å². The minimum Gasteiger partial charge on any atom is -0.492 e. The van der Waals surface area contributed by atoms with Crippen LogP contribution in [0.2, 0.25) is 0 Å². The molecular weight excluding hydrogens is 534 g/mol. The van der Waals surface area contributed by atoms with Crippen molar-refractivity contribution in [2.24, 2.45) is 11.7 Å². The number of thiazole rings is 1. The standard InChI is InChI=1S/C28H33N5O6S/c1-16(34)32-9-6-17(7-10-32)24(25(29)35)39-27(36)26-31-23-20-5-4-18(12-21(20)38-11-8-22(23)40-26)19-13-30-33(14-19)15-28(2,3)37/h4-5,12-14,17,24,37H,6-11,15H2,1-3H3,(H2,29,35). The summed E-state index contributed by atoms with van der Waals surface area (Å²) in [5, 5.41) is 14.6. The highest BCUT2D eigenvalue weighted by Crippen LogP contribution is 2.40. The van der Waals surface area contributed by atoms with Crippen LogP contribution >= 0.6 is 11.3 Å². The fourth-order valence-corrected chi connectivity index (χ4v) is 6.09. The molecule has 40 heavy (non-hydrogen) atoms. The zero-order valence-electron chi connectivity index (χ0n) is 22.8. The van der Waals surface area contributed by atoms with E-state index in [2.05, 4.69) is 10.1 Å². The van der Waals surface area contributed by atoms with E-state index in [0.717, 1.165) is 21.6 Å². The number of nitrogens with zero attached hydrogens (tertiary/aromatic N) is 4. The minimum atomic E-state index is -1.08. The summed E-state index contributed by atoms with van der Waals surface area (Å²) in [5.74, 6) is -1.02. The van der Waals surface area contributed by atoms with Crippen molar-refractivity contribution in [2.45, 2.75) is 58.3 Å². The molecule has 0 bridgehead atoms. The van der Waals surface area contributed by atoms with Gasteiger partial charge in [-0.05, 0) is 44.4 Å². The van der Waals surface area contributed by atoms with E-state index in [1.807, 2.05) is 24.4 Å². The number of carbonyl (C=O) groups is 3. The molecule has 0 radical (unpaired) electrons. The number of likely N-dealkylation sites (tertiary alicyclic amines) is 1. The Hall–Kier alpha value is -3.77. The summed E-state index contributed by atoms with van der Waals surface area (Å²) >= 11 is 1.23. The van der Waals surface area contributed by atoms with Crippen LogP contribution in [-0.4, -0.2) is 74.0 Å².